The van der Waals surface area contributed by atoms with Crippen LogP contribution in [0.25, 0.3) is 0 Å². The zero-order valence-corrected chi connectivity index (χ0v) is 10.9. The summed E-state index contributed by atoms with van der Waals surface area (Å²) in [4.78, 5) is 5.63. The van der Waals surface area contributed by atoms with E-state index < -0.39 is 0 Å². The van der Waals surface area contributed by atoms with Crippen LogP contribution in [0.3, 0.4) is 0 Å². The molecule has 0 radical (unpaired) electrons. The molecule has 90 valence electrons. The molecule has 0 bridgehead atoms. The maximum atomic E-state index is 5.65. The summed E-state index contributed by atoms with van der Waals surface area (Å²) in [6.07, 6.45) is 1.92. The molecule has 0 fully saturated rings. The largest absolute Gasteiger partial charge is 0.399 e. The third-order valence-electron chi connectivity index (χ3n) is 2.60. The van der Waals surface area contributed by atoms with Crippen LogP contribution in [0, 0.1) is 6.92 Å². The molecular weight excluding hydrogens is 230 g/mol. The average Bonchev–Trinajstić information content (AvgIpc) is 2.75. The smallest absolute Gasteiger partial charge is 0.109 e. The van der Waals surface area contributed by atoms with E-state index in [1.54, 1.807) is 11.3 Å². The lowest BCUT2D eigenvalue weighted by atomic mass is 10.2. The van der Waals surface area contributed by atoms with Crippen LogP contribution in [0.15, 0.2) is 30.5 Å². The molecule has 1 aromatic heterocycles. The molecular formula is C13H17N3S. The Balaban J connectivity index is 1.92. The van der Waals surface area contributed by atoms with Crippen LogP contribution < -0.4 is 11.1 Å². The Morgan fingerprint density at radius 1 is 1.35 bits per heavy atom. The van der Waals surface area contributed by atoms with Crippen LogP contribution in [-0.4, -0.2) is 4.98 Å². The van der Waals surface area contributed by atoms with Gasteiger partial charge in [0, 0.05) is 23.3 Å². The quantitative estimate of drug-likeness (QED) is 0.817. The van der Waals surface area contributed by atoms with Crippen molar-refractivity contribution in [2.24, 2.45) is 0 Å². The highest BCUT2D eigenvalue weighted by Crippen LogP contribution is 2.19. The Labute approximate surface area is 106 Å². The van der Waals surface area contributed by atoms with Crippen molar-refractivity contribution >= 4 is 17.0 Å². The minimum atomic E-state index is 0.284. The maximum absolute atomic E-state index is 5.65. The van der Waals surface area contributed by atoms with Gasteiger partial charge in [-0.3, -0.25) is 0 Å². The van der Waals surface area contributed by atoms with Gasteiger partial charge in [0.15, 0.2) is 0 Å². The lowest BCUT2D eigenvalue weighted by Crippen LogP contribution is -2.17. The second-order valence-corrected chi connectivity index (χ2v) is 5.42. The Kier molecular flexibility index (Phi) is 3.76. The molecule has 1 aromatic carbocycles. The molecule has 3 N–H and O–H groups in total. The topological polar surface area (TPSA) is 50.9 Å². The van der Waals surface area contributed by atoms with E-state index in [-0.39, 0.29) is 6.04 Å². The Bertz CT molecular complexity index is 476. The van der Waals surface area contributed by atoms with Crippen LogP contribution in [0.5, 0.6) is 0 Å². The number of benzene rings is 1. The van der Waals surface area contributed by atoms with E-state index >= 15 is 0 Å². The molecule has 1 heterocycles. The Morgan fingerprint density at radius 2 is 2.06 bits per heavy atom. The van der Waals surface area contributed by atoms with Crippen LogP contribution in [0.2, 0.25) is 0 Å². The molecule has 2 aromatic rings. The number of aryl methyl sites for hydroxylation is 1. The molecule has 17 heavy (non-hydrogen) atoms. The van der Waals surface area contributed by atoms with Crippen molar-refractivity contribution in [2.75, 3.05) is 5.73 Å². The van der Waals surface area contributed by atoms with E-state index in [4.69, 9.17) is 5.73 Å². The Hall–Kier alpha value is -1.39. The van der Waals surface area contributed by atoms with Gasteiger partial charge in [0.1, 0.15) is 5.01 Å². The summed E-state index contributed by atoms with van der Waals surface area (Å²) in [5.41, 5.74) is 7.69. The first-order chi connectivity index (χ1) is 8.15. The molecule has 0 saturated heterocycles. The predicted octanol–water partition coefficient (Wildman–Crippen LogP) is 2.88. The van der Waals surface area contributed by atoms with Crippen molar-refractivity contribution in [3.63, 3.8) is 0 Å². The van der Waals surface area contributed by atoms with Gasteiger partial charge in [-0.1, -0.05) is 12.1 Å². The van der Waals surface area contributed by atoms with E-state index in [0.717, 1.165) is 17.2 Å². The fourth-order valence-corrected chi connectivity index (χ4v) is 2.37. The summed E-state index contributed by atoms with van der Waals surface area (Å²) in [6.45, 7) is 5.05. The highest BCUT2D eigenvalue weighted by atomic mass is 32.1. The van der Waals surface area contributed by atoms with Crippen molar-refractivity contribution in [1.29, 1.82) is 0 Å². The number of aromatic nitrogens is 1. The molecule has 3 nitrogen and oxygen atoms in total. The first-order valence-electron chi connectivity index (χ1n) is 5.65. The van der Waals surface area contributed by atoms with Crippen molar-refractivity contribution < 1.29 is 0 Å². The van der Waals surface area contributed by atoms with Gasteiger partial charge in [-0.05, 0) is 31.5 Å². The molecule has 1 unspecified atom stereocenters. The summed E-state index contributed by atoms with van der Waals surface area (Å²) in [5.74, 6) is 0. The summed E-state index contributed by atoms with van der Waals surface area (Å²) >= 11 is 1.74. The molecule has 0 saturated carbocycles. The number of hydrogen-bond donors (Lipinski definition) is 2. The molecule has 2 rings (SSSR count). The van der Waals surface area contributed by atoms with E-state index in [1.165, 1.54) is 10.4 Å². The van der Waals surface area contributed by atoms with E-state index in [2.05, 4.69) is 24.1 Å². The standard InChI is InChI=1S/C13H17N3S/c1-9-7-16-13(17-9)10(2)15-8-11-3-5-12(14)6-4-11/h3-7,10,15H,8,14H2,1-2H3. The average molecular weight is 247 g/mol. The summed E-state index contributed by atoms with van der Waals surface area (Å²) in [6, 6.07) is 8.22. The van der Waals surface area contributed by atoms with Gasteiger partial charge >= 0.3 is 0 Å². The lowest BCUT2D eigenvalue weighted by molar-refractivity contribution is 0.572. The fraction of sp³-hybridized carbons (Fsp3) is 0.308. The van der Waals surface area contributed by atoms with Gasteiger partial charge in [0.25, 0.3) is 0 Å². The van der Waals surface area contributed by atoms with Gasteiger partial charge in [-0.15, -0.1) is 11.3 Å². The van der Waals surface area contributed by atoms with Gasteiger partial charge in [-0.25, -0.2) is 4.98 Å². The molecule has 1 atom stereocenters. The maximum Gasteiger partial charge on any atom is 0.109 e. The van der Waals surface area contributed by atoms with Crippen LogP contribution in [0.1, 0.15) is 28.4 Å². The molecule has 0 spiro atoms. The van der Waals surface area contributed by atoms with Crippen molar-refractivity contribution in [1.82, 2.24) is 10.3 Å². The van der Waals surface area contributed by atoms with Crippen LogP contribution >= 0.6 is 11.3 Å². The van der Waals surface area contributed by atoms with E-state index in [1.807, 2.05) is 30.5 Å². The van der Waals surface area contributed by atoms with Crippen molar-refractivity contribution in [3.8, 4) is 0 Å². The minimum absolute atomic E-state index is 0.284. The number of thiazole rings is 1. The first kappa shape index (κ1) is 12.1. The fourth-order valence-electron chi connectivity index (χ4n) is 1.57. The number of nitrogens with zero attached hydrogens (tertiary/aromatic N) is 1. The van der Waals surface area contributed by atoms with Gasteiger partial charge in [0.05, 0.1) is 6.04 Å². The normalized spacial score (nSPS) is 12.6. The van der Waals surface area contributed by atoms with Crippen molar-refractivity contribution in [2.45, 2.75) is 26.4 Å². The molecule has 4 heteroatoms. The number of nitrogens with two attached hydrogens (primary N) is 1. The summed E-state index contributed by atoms with van der Waals surface area (Å²) in [5, 5.41) is 4.59. The van der Waals surface area contributed by atoms with Gasteiger partial charge < -0.3 is 11.1 Å². The van der Waals surface area contributed by atoms with Crippen LogP contribution in [0.4, 0.5) is 5.69 Å². The summed E-state index contributed by atoms with van der Waals surface area (Å²) < 4.78 is 0. The molecule has 0 aliphatic carbocycles. The first-order valence-corrected chi connectivity index (χ1v) is 6.47. The second kappa shape index (κ2) is 5.29. The number of hydrogen-bond acceptors (Lipinski definition) is 4. The molecule has 0 aliphatic heterocycles. The van der Waals surface area contributed by atoms with Crippen LogP contribution in [-0.2, 0) is 6.54 Å². The molecule has 0 amide bonds. The zero-order chi connectivity index (χ0) is 12.3. The Morgan fingerprint density at radius 3 is 2.65 bits per heavy atom. The predicted molar refractivity (Wildman–Crippen MR) is 73.0 cm³/mol. The monoisotopic (exact) mass is 247 g/mol. The highest BCUT2D eigenvalue weighted by molar-refractivity contribution is 7.11. The second-order valence-electron chi connectivity index (χ2n) is 4.15. The van der Waals surface area contributed by atoms with Crippen molar-refractivity contribution in [3.05, 3.63) is 45.9 Å². The number of anilines is 1. The number of nitrogens with one attached hydrogen (secondary N) is 1. The van der Waals surface area contributed by atoms with Gasteiger partial charge in [0.2, 0.25) is 0 Å². The SMILES string of the molecule is Cc1cnc(C(C)NCc2ccc(N)cc2)s1. The van der Waals surface area contributed by atoms with E-state index in [9.17, 15) is 0 Å². The lowest BCUT2D eigenvalue weighted by Gasteiger charge is -2.11. The number of nitrogen functional groups attached to an aromatic ring is 1. The molecule has 0 aliphatic rings. The minimum Gasteiger partial charge on any atom is -0.399 e. The number of rotatable bonds is 4. The third-order valence-corrected chi connectivity index (χ3v) is 3.70. The summed E-state index contributed by atoms with van der Waals surface area (Å²) in [7, 11) is 0. The third kappa shape index (κ3) is 3.28. The zero-order valence-electron chi connectivity index (χ0n) is 10.1. The van der Waals surface area contributed by atoms with Gasteiger partial charge in [-0.2, -0.15) is 0 Å². The van der Waals surface area contributed by atoms with E-state index in [0.29, 0.717) is 0 Å². The highest BCUT2D eigenvalue weighted by Gasteiger charge is 2.08.